The number of nitrogens with zero attached hydrogens (tertiary/aromatic N) is 2. The van der Waals surface area contributed by atoms with E-state index in [1.807, 2.05) is 56.3 Å². The molecule has 1 aliphatic rings. The molecule has 7 nitrogen and oxygen atoms in total. The summed E-state index contributed by atoms with van der Waals surface area (Å²) >= 11 is 0. The molecular formula is C18H22N4O3. The number of carbonyl (C=O) groups is 1. The lowest BCUT2D eigenvalue weighted by Gasteiger charge is -2.16. The number of urea groups is 1. The van der Waals surface area contributed by atoms with E-state index in [0.717, 1.165) is 22.7 Å². The summed E-state index contributed by atoms with van der Waals surface area (Å²) < 4.78 is 10.7. The average Bonchev–Trinajstić information content (AvgIpc) is 3.07. The highest BCUT2D eigenvalue weighted by molar-refractivity contribution is 5.74. The van der Waals surface area contributed by atoms with E-state index in [2.05, 4.69) is 15.6 Å². The highest BCUT2D eigenvalue weighted by atomic mass is 16.7. The molecule has 1 aliphatic heterocycles. The molecule has 3 rings (SSSR count). The maximum Gasteiger partial charge on any atom is 0.315 e. The molecule has 2 amide bonds. The zero-order valence-electron chi connectivity index (χ0n) is 14.6. The third-order valence-corrected chi connectivity index (χ3v) is 3.97. The first kappa shape index (κ1) is 16.9. The fourth-order valence-corrected chi connectivity index (χ4v) is 2.51. The van der Waals surface area contributed by atoms with E-state index in [0.29, 0.717) is 12.3 Å². The molecule has 0 saturated heterocycles. The molecule has 2 N–H and O–H groups in total. The van der Waals surface area contributed by atoms with Gasteiger partial charge in [0.1, 0.15) is 5.82 Å². The van der Waals surface area contributed by atoms with Gasteiger partial charge >= 0.3 is 6.03 Å². The van der Waals surface area contributed by atoms with Crippen LogP contribution in [-0.2, 0) is 6.54 Å². The Morgan fingerprint density at radius 1 is 1.24 bits per heavy atom. The molecular weight excluding hydrogens is 320 g/mol. The summed E-state index contributed by atoms with van der Waals surface area (Å²) in [5.74, 6) is 2.29. The summed E-state index contributed by atoms with van der Waals surface area (Å²) in [7, 11) is 3.86. The molecule has 0 aliphatic carbocycles. The van der Waals surface area contributed by atoms with E-state index in [9.17, 15) is 4.79 Å². The second-order valence-corrected chi connectivity index (χ2v) is 6.08. The van der Waals surface area contributed by atoms with Crippen LogP contribution in [0.2, 0.25) is 0 Å². The van der Waals surface area contributed by atoms with E-state index in [4.69, 9.17) is 9.47 Å². The van der Waals surface area contributed by atoms with Gasteiger partial charge in [0.25, 0.3) is 0 Å². The van der Waals surface area contributed by atoms with Gasteiger partial charge in [-0.2, -0.15) is 0 Å². The first-order valence-corrected chi connectivity index (χ1v) is 8.09. The standard InChI is InChI=1S/C18H22N4O3/c1-12(14-4-5-15-16(9-14)25-11-24-15)21-18(23)20-10-13-6-7-19-17(8-13)22(2)3/h4-9,12H,10-11H2,1-3H3,(H2,20,21,23)/t12-/m0/s1. The fourth-order valence-electron chi connectivity index (χ4n) is 2.51. The molecule has 7 heteroatoms. The van der Waals surface area contributed by atoms with E-state index in [1.165, 1.54) is 0 Å². The summed E-state index contributed by atoms with van der Waals surface area (Å²) in [6, 6.07) is 9.12. The van der Waals surface area contributed by atoms with Crippen LogP contribution >= 0.6 is 0 Å². The second kappa shape index (κ2) is 7.29. The van der Waals surface area contributed by atoms with Crippen LogP contribution in [0.1, 0.15) is 24.1 Å². The summed E-state index contributed by atoms with van der Waals surface area (Å²) in [5, 5.41) is 5.79. The molecule has 25 heavy (non-hydrogen) atoms. The van der Waals surface area contributed by atoms with E-state index in [1.54, 1.807) is 6.20 Å². The van der Waals surface area contributed by atoms with Crippen molar-refractivity contribution in [3.63, 3.8) is 0 Å². The molecule has 0 spiro atoms. The molecule has 0 saturated carbocycles. The number of ether oxygens (including phenoxy) is 2. The molecule has 2 aromatic rings. The number of benzene rings is 1. The van der Waals surface area contributed by atoms with Crippen molar-refractivity contribution in [1.82, 2.24) is 15.6 Å². The third-order valence-electron chi connectivity index (χ3n) is 3.97. The lowest BCUT2D eigenvalue weighted by Crippen LogP contribution is -2.36. The number of aromatic nitrogens is 1. The predicted octanol–water partition coefficient (Wildman–Crippen LogP) is 2.44. The molecule has 0 bridgehead atoms. The Labute approximate surface area is 147 Å². The van der Waals surface area contributed by atoms with Crippen molar-refractivity contribution in [3.05, 3.63) is 47.7 Å². The maximum atomic E-state index is 12.1. The lowest BCUT2D eigenvalue weighted by atomic mass is 10.1. The van der Waals surface area contributed by atoms with Gasteiger partial charge < -0.3 is 25.0 Å². The number of anilines is 1. The Bertz CT molecular complexity index is 764. The van der Waals surface area contributed by atoms with Crippen LogP contribution in [0.5, 0.6) is 11.5 Å². The van der Waals surface area contributed by atoms with E-state index in [-0.39, 0.29) is 18.9 Å². The summed E-state index contributed by atoms with van der Waals surface area (Å²) in [6.07, 6.45) is 1.74. The predicted molar refractivity (Wildman–Crippen MR) is 94.9 cm³/mol. The van der Waals surface area contributed by atoms with Crippen molar-refractivity contribution < 1.29 is 14.3 Å². The molecule has 1 aromatic heterocycles. The van der Waals surface area contributed by atoms with Gasteiger partial charge in [-0.25, -0.2) is 9.78 Å². The van der Waals surface area contributed by atoms with Gasteiger partial charge in [0.2, 0.25) is 6.79 Å². The second-order valence-electron chi connectivity index (χ2n) is 6.08. The number of amides is 2. The largest absolute Gasteiger partial charge is 0.454 e. The van der Waals surface area contributed by atoms with E-state index >= 15 is 0 Å². The molecule has 0 fully saturated rings. The molecule has 0 radical (unpaired) electrons. The Hall–Kier alpha value is -2.96. The monoisotopic (exact) mass is 342 g/mol. The molecule has 0 unspecified atom stereocenters. The number of fused-ring (bicyclic) bond motifs is 1. The quantitative estimate of drug-likeness (QED) is 0.873. The number of hydrogen-bond acceptors (Lipinski definition) is 5. The minimum atomic E-state index is -0.228. The fraction of sp³-hybridized carbons (Fsp3) is 0.333. The number of hydrogen-bond donors (Lipinski definition) is 2. The van der Waals surface area contributed by atoms with Crippen molar-refractivity contribution in [1.29, 1.82) is 0 Å². The average molecular weight is 342 g/mol. The first-order chi connectivity index (χ1) is 12.0. The van der Waals surface area contributed by atoms with Crippen LogP contribution in [0.4, 0.5) is 10.6 Å². The number of pyridine rings is 1. The molecule has 2 heterocycles. The van der Waals surface area contributed by atoms with Gasteiger partial charge in [-0.3, -0.25) is 0 Å². The van der Waals surface area contributed by atoms with Gasteiger partial charge in [0, 0.05) is 26.8 Å². The van der Waals surface area contributed by atoms with Crippen LogP contribution < -0.4 is 25.0 Å². The lowest BCUT2D eigenvalue weighted by molar-refractivity contribution is 0.174. The van der Waals surface area contributed by atoms with Gasteiger partial charge in [-0.1, -0.05) is 6.07 Å². The number of nitrogens with one attached hydrogen (secondary N) is 2. The van der Waals surface area contributed by atoms with Gasteiger partial charge in [0.15, 0.2) is 11.5 Å². The van der Waals surface area contributed by atoms with Gasteiger partial charge in [-0.15, -0.1) is 0 Å². The summed E-state index contributed by atoms with van der Waals surface area (Å²) in [5.41, 5.74) is 1.95. The minimum Gasteiger partial charge on any atom is -0.454 e. The van der Waals surface area contributed by atoms with Crippen molar-refractivity contribution in [2.24, 2.45) is 0 Å². The summed E-state index contributed by atoms with van der Waals surface area (Å²) in [6.45, 7) is 2.60. The van der Waals surface area contributed by atoms with Gasteiger partial charge in [-0.05, 0) is 42.3 Å². The molecule has 132 valence electrons. The zero-order chi connectivity index (χ0) is 17.8. The summed E-state index contributed by atoms with van der Waals surface area (Å²) in [4.78, 5) is 18.3. The normalized spacial score (nSPS) is 13.2. The topological polar surface area (TPSA) is 75.7 Å². The van der Waals surface area contributed by atoms with Crippen LogP contribution in [0, 0.1) is 0 Å². The number of rotatable bonds is 5. The van der Waals surface area contributed by atoms with Crippen LogP contribution in [0.3, 0.4) is 0 Å². The highest BCUT2D eigenvalue weighted by Crippen LogP contribution is 2.34. The SMILES string of the molecule is C[C@H](NC(=O)NCc1ccnc(N(C)C)c1)c1ccc2c(c1)OCO2. The van der Waals surface area contributed by atoms with Crippen molar-refractivity contribution in [2.45, 2.75) is 19.5 Å². The number of carbonyl (C=O) groups excluding carboxylic acids is 1. The third kappa shape index (κ3) is 4.12. The first-order valence-electron chi connectivity index (χ1n) is 8.09. The zero-order valence-corrected chi connectivity index (χ0v) is 14.6. The van der Waals surface area contributed by atoms with E-state index < -0.39 is 0 Å². The molecule has 1 atom stereocenters. The Morgan fingerprint density at radius 2 is 2.04 bits per heavy atom. The Balaban J connectivity index is 1.54. The highest BCUT2D eigenvalue weighted by Gasteiger charge is 2.16. The Morgan fingerprint density at radius 3 is 2.84 bits per heavy atom. The Kier molecular flexibility index (Phi) is 4.92. The minimum absolute atomic E-state index is 0.149. The van der Waals surface area contributed by atoms with Crippen LogP contribution in [0.25, 0.3) is 0 Å². The van der Waals surface area contributed by atoms with Crippen LogP contribution in [-0.4, -0.2) is 31.9 Å². The smallest absolute Gasteiger partial charge is 0.315 e. The molecule has 1 aromatic carbocycles. The van der Waals surface area contributed by atoms with Crippen LogP contribution in [0.15, 0.2) is 36.5 Å². The van der Waals surface area contributed by atoms with Crippen molar-refractivity contribution in [2.75, 3.05) is 25.8 Å². The maximum absolute atomic E-state index is 12.1. The van der Waals surface area contributed by atoms with Crippen molar-refractivity contribution >= 4 is 11.8 Å². The van der Waals surface area contributed by atoms with Crippen molar-refractivity contribution in [3.8, 4) is 11.5 Å². The van der Waals surface area contributed by atoms with Gasteiger partial charge in [0.05, 0.1) is 6.04 Å².